The third-order valence-corrected chi connectivity index (χ3v) is 4.47. The fraction of sp³-hybridized carbons (Fsp3) is 0.0526. The summed E-state index contributed by atoms with van der Waals surface area (Å²) >= 11 is 0. The summed E-state index contributed by atoms with van der Waals surface area (Å²) in [5.41, 5.74) is 2.88. The SMILES string of the molecule is [O-][NH+](O)c1ccc(C(c2ccc([NH+]([O-])O)cc2)c2ccc([NH+]([O-])O)cc2)cc1. The van der Waals surface area contributed by atoms with Crippen LogP contribution in [-0.2, 0) is 0 Å². The van der Waals surface area contributed by atoms with Crippen molar-refractivity contribution in [1.82, 2.24) is 0 Å². The maximum atomic E-state index is 11.1. The first-order valence-corrected chi connectivity index (χ1v) is 8.36. The third kappa shape index (κ3) is 4.40. The molecule has 146 valence electrons. The Labute approximate surface area is 160 Å². The van der Waals surface area contributed by atoms with Gasteiger partial charge in [0, 0.05) is 42.3 Å². The summed E-state index contributed by atoms with van der Waals surface area (Å²) in [6.07, 6.45) is 0. The molecule has 3 atom stereocenters. The molecule has 0 aromatic heterocycles. The molecule has 0 fully saturated rings. The van der Waals surface area contributed by atoms with E-state index in [1.165, 1.54) is 36.4 Å². The molecule has 0 heterocycles. The summed E-state index contributed by atoms with van der Waals surface area (Å²) in [4.78, 5) is 0. The van der Waals surface area contributed by atoms with Gasteiger partial charge in [-0.25, -0.2) is 15.6 Å². The molecule has 0 amide bonds. The molecular weight excluding hydrogens is 366 g/mol. The highest BCUT2D eigenvalue weighted by atomic mass is 16.8. The first kappa shape index (κ1) is 20.0. The molecule has 6 N–H and O–H groups in total. The minimum absolute atomic E-state index is 0.157. The van der Waals surface area contributed by atoms with Gasteiger partial charge in [0.25, 0.3) is 0 Å². The zero-order valence-corrected chi connectivity index (χ0v) is 14.6. The molecule has 3 rings (SSSR count). The van der Waals surface area contributed by atoms with E-state index in [1.54, 1.807) is 36.4 Å². The predicted octanol–water partition coefficient (Wildman–Crippen LogP) is 0.0770. The van der Waals surface area contributed by atoms with Crippen LogP contribution < -0.4 is 15.7 Å². The Balaban J connectivity index is 2.04. The molecule has 0 aliphatic heterocycles. The molecule has 0 spiro atoms. The lowest BCUT2D eigenvalue weighted by atomic mass is 9.85. The number of hydrogen-bond acceptors (Lipinski definition) is 6. The largest absolute Gasteiger partial charge is 0.595 e. The van der Waals surface area contributed by atoms with Crippen molar-refractivity contribution < 1.29 is 31.3 Å². The van der Waals surface area contributed by atoms with Crippen molar-refractivity contribution in [1.29, 1.82) is 0 Å². The lowest BCUT2D eigenvalue weighted by molar-refractivity contribution is -0.991. The van der Waals surface area contributed by atoms with Crippen LogP contribution in [0, 0.1) is 15.6 Å². The molecule has 0 saturated carbocycles. The minimum Gasteiger partial charge on any atom is -0.595 e. The van der Waals surface area contributed by atoms with Gasteiger partial charge < -0.3 is 15.6 Å². The van der Waals surface area contributed by atoms with Crippen LogP contribution in [-0.4, -0.2) is 15.6 Å². The monoisotopic (exact) mass is 385 g/mol. The highest BCUT2D eigenvalue weighted by Crippen LogP contribution is 2.33. The first-order valence-electron chi connectivity index (χ1n) is 8.36. The number of nitrogens with one attached hydrogen (secondary N) is 3. The third-order valence-electron chi connectivity index (χ3n) is 4.47. The molecule has 28 heavy (non-hydrogen) atoms. The van der Waals surface area contributed by atoms with Crippen molar-refractivity contribution in [2.75, 3.05) is 0 Å². The number of benzene rings is 3. The molecule has 3 aromatic carbocycles. The Kier molecular flexibility index (Phi) is 6.11. The molecule has 0 saturated heterocycles. The summed E-state index contributed by atoms with van der Waals surface area (Å²) < 4.78 is 0. The lowest BCUT2D eigenvalue weighted by Gasteiger charge is -2.21. The van der Waals surface area contributed by atoms with Gasteiger partial charge in [-0.05, 0) is 16.7 Å². The molecule has 9 heteroatoms. The van der Waals surface area contributed by atoms with Gasteiger partial charge in [0.05, 0.1) is 0 Å². The second kappa shape index (κ2) is 8.54. The van der Waals surface area contributed by atoms with Crippen molar-refractivity contribution in [2.45, 2.75) is 5.92 Å². The quantitative estimate of drug-likeness (QED) is 0.262. The van der Waals surface area contributed by atoms with Crippen LogP contribution in [0.4, 0.5) is 17.1 Å². The van der Waals surface area contributed by atoms with E-state index in [4.69, 9.17) is 15.6 Å². The van der Waals surface area contributed by atoms with Crippen molar-refractivity contribution in [2.24, 2.45) is 0 Å². The summed E-state index contributed by atoms with van der Waals surface area (Å²) in [6.45, 7) is 0. The van der Waals surface area contributed by atoms with Crippen LogP contribution in [0.3, 0.4) is 0 Å². The van der Waals surface area contributed by atoms with Gasteiger partial charge in [0.15, 0.2) is 17.1 Å². The molecule has 0 bridgehead atoms. The maximum absolute atomic E-state index is 11.1. The van der Waals surface area contributed by atoms with Gasteiger partial charge in [-0.1, -0.05) is 36.4 Å². The highest BCUT2D eigenvalue weighted by Gasteiger charge is 2.18. The van der Waals surface area contributed by atoms with Gasteiger partial charge in [-0.3, -0.25) is 0 Å². The summed E-state index contributed by atoms with van der Waals surface area (Å²) in [7, 11) is 0. The summed E-state index contributed by atoms with van der Waals surface area (Å²) in [5.74, 6) is -0.312. The van der Waals surface area contributed by atoms with E-state index in [0.29, 0.717) is 0 Å². The molecule has 0 aliphatic carbocycles. The van der Waals surface area contributed by atoms with Crippen molar-refractivity contribution in [3.8, 4) is 0 Å². The van der Waals surface area contributed by atoms with Gasteiger partial charge in [0.1, 0.15) is 0 Å². The van der Waals surface area contributed by atoms with E-state index in [0.717, 1.165) is 16.7 Å². The smallest absolute Gasteiger partial charge is 0.163 e. The van der Waals surface area contributed by atoms with E-state index in [1.807, 2.05) is 0 Å². The predicted molar refractivity (Wildman–Crippen MR) is 97.6 cm³/mol. The van der Waals surface area contributed by atoms with Gasteiger partial charge in [0.2, 0.25) is 0 Å². The molecule has 9 nitrogen and oxygen atoms in total. The Hall–Kier alpha value is -2.70. The van der Waals surface area contributed by atoms with Crippen LogP contribution >= 0.6 is 0 Å². The Bertz CT molecular complexity index is 774. The van der Waals surface area contributed by atoms with Crippen molar-refractivity contribution in [3.63, 3.8) is 0 Å². The Morgan fingerprint density at radius 1 is 0.464 bits per heavy atom. The number of hydrogen-bond donors (Lipinski definition) is 6. The van der Waals surface area contributed by atoms with Crippen molar-refractivity contribution >= 4 is 17.1 Å². The Morgan fingerprint density at radius 2 is 0.679 bits per heavy atom. The van der Waals surface area contributed by atoms with Crippen LogP contribution in [0.15, 0.2) is 72.8 Å². The standard InChI is InChI=1S/C19H19N3O6/c23-20(24)16-7-1-13(2-8-16)19(14-3-9-17(10-4-14)21(25)26)15-5-11-18(12-6-15)22(27)28/h1-12,19-23,25,27H. The number of quaternary nitrogens is 3. The molecular formula is C19H19N3O6. The molecule has 0 radical (unpaired) electrons. The molecule has 3 unspecified atom stereocenters. The summed E-state index contributed by atoms with van der Waals surface area (Å²) in [5, 5.41) is 57.6. The van der Waals surface area contributed by atoms with Crippen LogP contribution in [0.1, 0.15) is 22.6 Å². The normalized spacial score (nSPS) is 15.6. The molecule has 3 aromatic rings. The first-order chi connectivity index (χ1) is 13.4. The second-order valence-electron chi connectivity index (χ2n) is 6.21. The zero-order valence-electron chi connectivity index (χ0n) is 14.6. The highest BCUT2D eigenvalue weighted by molar-refractivity contribution is 5.48. The van der Waals surface area contributed by atoms with Crippen molar-refractivity contribution in [3.05, 3.63) is 105 Å². The van der Waals surface area contributed by atoms with E-state index < -0.39 is 15.7 Å². The average molecular weight is 385 g/mol. The maximum Gasteiger partial charge on any atom is 0.163 e. The fourth-order valence-electron chi connectivity index (χ4n) is 3.03. The van der Waals surface area contributed by atoms with Crippen LogP contribution in [0.2, 0.25) is 0 Å². The van der Waals surface area contributed by atoms with Gasteiger partial charge in [-0.15, -0.1) is 0 Å². The van der Waals surface area contributed by atoms with Gasteiger partial charge >= 0.3 is 0 Å². The lowest BCUT2D eigenvalue weighted by Crippen LogP contribution is -2.99. The summed E-state index contributed by atoms with van der Waals surface area (Å²) in [6, 6.07) is 19.2. The zero-order chi connectivity index (χ0) is 20.3. The fourth-order valence-corrected chi connectivity index (χ4v) is 3.03. The molecule has 0 aliphatic rings. The van der Waals surface area contributed by atoms with E-state index in [-0.39, 0.29) is 23.0 Å². The Morgan fingerprint density at radius 3 is 0.857 bits per heavy atom. The van der Waals surface area contributed by atoms with E-state index >= 15 is 0 Å². The van der Waals surface area contributed by atoms with E-state index in [9.17, 15) is 15.6 Å². The van der Waals surface area contributed by atoms with Crippen LogP contribution in [0.25, 0.3) is 0 Å². The minimum atomic E-state index is -1.03. The average Bonchev–Trinajstić information content (AvgIpc) is 2.69. The topological polar surface area (TPSA) is 143 Å². The van der Waals surface area contributed by atoms with Gasteiger partial charge in [-0.2, -0.15) is 15.7 Å². The second-order valence-corrected chi connectivity index (χ2v) is 6.21. The number of rotatable bonds is 6. The van der Waals surface area contributed by atoms with E-state index in [2.05, 4.69) is 0 Å². The van der Waals surface area contributed by atoms with Crippen LogP contribution in [0.5, 0.6) is 0 Å².